The van der Waals surface area contributed by atoms with Crippen molar-refractivity contribution < 1.29 is 9.90 Å². The fourth-order valence-corrected chi connectivity index (χ4v) is 3.87. The van der Waals surface area contributed by atoms with Crippen molar-refractivity contribution in [2.24, 2.45) is 5.41 Å². The van der Waals surface area contributed by atoms with Crippen molar-refractivity contribution in [1.29, 1.82) is 0 Å². The number of benzene rings is 1. The van der Waals surface area contributed by atoms with Gasteiger partial charge < -0.3 is 5.11 Å². The molecule has 134 valence electrons. The van der Waals surface area contributed by atoms with Crippen molar-refractivity contribution in [3.05, 3.63) is 53.9 Å². The van der Waals surface area contributed by atoms with Gasteiger partial charge in [-0.2, -0.15) is 5.10 Å². The maximum atomic E-state index is 11.6. The Labute approximate surface area is 149 Å². The van der Waals surface area contributed by atoms with E-state index in [9.17, 15) is 9.90 Å². The largest absolute Gasteiger partial charge is 0.481 e. The molecule has 2 aromatic rings. The zero-order valence-corrected chi connectivity index (χ0v) is 15.3. The Kier molecular flexibility index (Phi) is 4.69. The molecule has 0 aliphatic carbocycles. The summed E-state index contributed by atoms with van der Waals surface area (Å²) in [7, 11) is 0. The summed E-state index contributed by atoms with van der Waals surface area (Å²) in [6.45, 7) is 8.18. The van der Waals surface area contributed by atoms with E-state index < -0.39 is 11.4 Å². The normalized spacial score (nSPS) is 23.0. The highest BCUT2D eigenvalue weighted by Gasteiger charge is 2.50. The highest BCUT2D eigenvalue weighted by atomic mass is 16.4. The maximum absolute atomic E-state index is 11.6. The first-order chi connectivity index (χ1) is 11.8. The van der Waals surface area contributed by atoms with Crippen LogP contribution in [0.1, 0.15) is 38.4 Å². The lowest BCUT2D eigenvalue weighted by atomic mass is 9.84. The highest BCUT2D eigenvalue weighted by Crippen LogP contribution is 2.42. The molecule has 1 saturated heterocycles. The summed E-state index contributed by atoms with van der Waals surface area (Å²) in [6.07, 6.45) is 3.62. The molecule has 0 spiro atoms. The van der Waals surface area contributed by atoms with E-state index in [2.05, 4.69) is 48.1 Å². The number of aromatic nitrogens is 2. The summed E-state index contributed by atoms with van der Waals surface area (Å²) >= 11 is 0. The molecule has 2 heterocycles. The van der Waals surface area contributed by atoms with Crippen LogP contribution in [0.25, 0.3) is 0 Å². The number of rotatable bonds is 6. The average molecular weight is 341 g/mol. The molecule has 1 N–H and O–H groups in total. The molecule has 1 aromatic carbocycles. The number of aryl methyl sites for hydroxylation is 2. The predicted octanol–water partition coefficient (Wildman–Crippen LogP) is 3.20. The Morgan fingerprint density at radius 1 is 1.20 bits per heavy atom. The smallest absolute Gasteiger partial charge is 0.310 e. The number of aliphatic carboxylic acids is 1. The van der Waals surface area contributed by atoms with E-state index in [0.717, 1.165) is 18.7 Å². The molecular formula is C20H27N3O2. The van der Waals surface area contributed by atoms with Crippen LogP contribution >= 0.6 is 0 Å². The van der Waals surface area contributed by atoms with Gasteiger partial charge in [0, 0.05) is 31.4 Å². The van der Waals surface area contributed by atoms with Crippen LogP contribution in [0, 0.1) is 5.41 Å². The Hall–Kier alpha value is -2.14. The Morgan fingerprint density at radius 2 is 1.92 bits per heavy atom. The fraction of sp³-hybridized carbons (Fsp3) is 0.500. The molecule has 3 rings (SSSR count). The molecule has 1 fully saturated rings. The number of hydrogen-bond donors (Lipinski definition) is 1. The van der Waals surface area contributed by atoms with Gasteiger partial charge in [0.1, 0.15) is 0 Å². The second kappa shape index (κ2) is 6.64. The first kappa shape index (κ1) is 17.7. The molecule has 1 atom stereocenters. The molecular weight excluding hydrogens is 314 g/mol. The molecule has 25 heavy (non-hydrogen) atoms. The van der Waals surface area contributed by atoms with Gasteiger partial charge in [0.25, 0.3) is 0 Å². The maximum Gasteiger partial charge on any atom is 0.310 e. The van der Waals surface area contributed by atoms with Crippen molar-refractivity contribution in [3.63, 3.8) is 0 Å². The lowest BCUT2D eigenvalue weighted by Crippen LogP contribution is -2.37. The molecule has 1 aliphatic rings. The second-order valence-corrected chi connectivity index (χ2v) is 8.02. The van der Waals surface area contributed by atoms with Gasteiger partial charge >= 0.3 is 5.97 Å². The molecule has 5 heteroatoms. The molecule has 1 aliphatic heterocycles. The molecule has 0 radical (unpaired) electrons. The quantitative estimate of drug-likeness (QED) is 0.876. The molecule has 1 aromatic heterocycles. The van der Waals surface area contributed by atoms with Crippen molar-refractivity contribution >= 4 is 5.97 Å². The number of nitrogens with zero attached hydrogens (tertiary/aromatic N) is 3. The van der Waals surface area contributed by atoms with Gasteiger partial charge in [-0.25, -0.2) is 0 Å². The number of carboxylic acids is 1. The van der Waals surface area contributed by atoms with E-state index in [1.54, 1.807) is 0 Å². The number of hydrogen-bond acceptors (Lipinski definition) is 3. The third-order valence-corrected chi connectivity index (χ3v) is 5.26. The van der Waals surface area contributed by atoms with Crippen LogP contribution in [0.5, 0.6) is 0 Å². The molecule has 0 saturated carbocycles. The van der Waals surface area contributed by atoms with Gasteiger partial charge in [-0.15, -0.1) is 0 Å². The standard InChI is InChI=1S/C20H27N3O2/c1-19(2)14-20(3,18(24)25)15-22(19)13-17-10-12-23(21-17)11-9-16-7-5-4-6-8-16/h4-8,10,12H,9,11,13-15H2,1-3H3,(H,24,25). The van der Waals surface area contributed by atoms with Crippen LogP contribution in [-0.4, -0.2) is 37.8 Å². The topological polar surface area (TPSA) is 58.4 Å². The number of carboxylic acid groups (broad SMARTS) is 1. The first-order valence-corrected chi connectivity index (χ1v) is 8.83. The minimum absolute atomic E-state index is 0.138. The lowest BCUT2D eigenvalue weighted by Gasteiger charge is -2.30. The van der Waals surface area contributed by atoms with E-state index in [4.69, 9.17) is 0 Å². The SMILES string of the molecule is CC1(C(=O)O)CN(Cc2ccn(CCc3ccccc3)n2)C(C)(C)C1. The van der Waals surface area contributed by atoms with Crippen LogP contribution in [0.15, 0.2) is 42.6 Å². The van der Waals surface area contributed by atoms with Gasteiger partial charge in [-0.1, -0.05) is 30.3 Å². The van der Waals surface area contributed by atoms with Gasteiger partial charge in [0.15, 0.2) is 0 Å². The van der Waals surface area contributed by atoms with Crippen LogP contribution in [0.4, 0.5) is 0 Å². The number of carbonyl (C=O) groups is 1. The van der Waals surface area contributed by atoms with Crippen molar-refractivity contribution in [1.82, 2.24) is 14.7 Å². The van der Waals surface area contributed by atoms with E-state index in [-0.39, 0.29) is 5.54 Å². The fourth-order valence-electron chi connectivity index (χ4n) is 3.87. The van der Waals surface area contributed by atoms with Crippen LogP contribution in [-0.2, 0) is 24.3 Å². The van der Waals surface area contributed by atoms with Crippen LogP contribution in [0.2, 0.25) is 0 Å². The summed E-state index contributed by atoms with van der Waals surface area (Å²) in [6, 6.07) is 12.4. The lowest BCUT2D eigenvalue weighted by molar-refractivity contribution is -0.147. The average Bonchev–Trinajstić information content (AvgIpc) is 3.09. The molecule has 5 nitrogen and oxygen atoms in total. The Balaban J connectivity index is 1.62. The van der Waals surface area contributed by atoms with Crippen molar-refractivity contribution in [2.75, 3.05) is 6.54 Å². The Morgan fingerprint density at radius 3 is 2.56 bits per heavy atom. The van der Waals surface area contributed by atoms with Gasteiger partial charge in [0.05, 0.1) is 11.1 Å². The van der Waals surface area contributed by atoms with Gasteiger partial charge in [-0.3, -0.25) is 14.4 Å². The van der Waals surface area contributed by atoms with E-state index >= 15 is 0 Å². The summed E-state index contributed by atoms with van der Waals surface area (Å²) < 4.78 is 1.97. The van der Waals surface area contributed by atoms with Crippen LogP contribution in [0.3, 0.4) is 0 Å². The van der Waals surface area contributed by atoms with E-state index in [0.29, 0.717) is 19.5 Å². The monoisotopic (exact) mass is 341 g/mol. The van der Waals surface area contributed by atoms with Gasteiger partial charge in [-0.05, 0) is 45.2 Å². The zero-order valence-electron chi connectivity index (χ0n) is 15.3. The minimum Gasteiger partial charge on any atom is -0.481 e. The van der Waals surface area contributed by atoms with E-state index in [1.165, 1.54) is 5.56 Å². The first-order valence-electron chi connectivity index (χ1n) is 8.83. The Bertz CT molecular complexity index is 738. The van der Waals surface area contributed by atoms with Crippen LogP contribution < -0.4 is 0 Å². The summed E-state index contributed by atoms with van der Waals surface area (Å²) in [5.74, 6) is -0.712. The highest BCUT2D eigenvalue weighted by molar-refractivity contribution is 5.75. The summed E-state index contributed by atoms with van der Waals surface area (Å²) in [5.41, 5.74) is 1.48. The third-order valence-electron chi connectivity index (χ3n) is 5.26. The number of likely N-dealkylation sites (tertiary alicyclic amines) is 1. The summed E-state index contributed by atoms with van der Waals surface area (Å²) in [4.78, 5) is 13.8. The predicted molar refractivity (Wildman–Crippen MR) is 97.2 cm³/mol. The third kappa shape index (κ3) is 3.93. The van der Waals surface area contributed by atoms with Gasteiger partial charge in [0.2, 0.25) is 0 Å². The summed E-state index contributed by atoms with van der Waals surface area (Å²) in [5, 5.41) is 14.2. The minimum atomic E-state index is -0.712. The van der Waals surface area contributed by atoms with Crippen molar-refractivity contribution in [3.8, 4) is 0 Å². The second-order valence-electron chi connectivity index (χ2n) is 8.02. The molecule has 0 amide bonds. The van der Waals surface area contributed by atoms with Crippen molar-refractivity contribution in [2.45, 2.75) is 52.2 Å². The zero-order chi connectivity index (χ0) is 18.1. The molecule has 0 bridgehead atoms. The van der Waals surface area contributed by atoms with E-state index in [1.807, 2.05) is 29.9 Å². The molecule has 1 unspecified atom stereocenters.